The number of carbonyl (C=O) groups is 2. The molecule has 1 amide bonds. The number of ketones is 1. The van der Waals surface area contributed by atoms with Crippen LogP contribution < -0.4 is 0 Å². The number of likely N-dealkylation sites (tertiary alicyclic amines) is 1. The first-order chi connectivity index (χ1) is 14.7. The SMILES string of the molecule is O=C1C(=O)N(CCCN2CCOCC2)C(c2ccccn2)C1=C(O)c1ccccc1. The zero-order valence-electron chi connectivity index (χ0n) is 16.7. The maximum absolute atomic E-state index is 12.9. The van der Waals surface area contributed by atoms with Gasteiger partial charge in [-0.2, -0.15) is 0 Å². The van der Waals surface area contributed by atoms with Crippen molar-refractivity contribution in [1.29, 1.82) is 0 Å². The third-order valence-corrected chi connectivity index (χ3v) is 5.53. The Labute approximate surface area is 175 Å². The van der Waals surface area contributed by atoms with Crippen LogP contribution in [-0.4, -0.2) is 71.0 Å². The molecule has 0 spiro atoms. The molecule has 2 aliphatic rings. The molecule has 0 saturated carbocycles. The van der Waals surface area contributed by atoms with Crippen LogP contribution in [-0.2, 0) is 14.3 Å². The van der Waals surface area contributed by atoms with Crippen molar-refractivity contribution in [2.45, 2.75) is 12.5 Å². The summed E-state index contributed by atoms with van der Waals surface area (Å²) in [5.74, 6) is -1.43. The van der Waals surface area contributed by atoms with Gasteiger partial charge >= 0.3 is 0 Å². The maximum Gasteiger partial charge on any atom is 0.295 e. The number of aliphatic hydroxyl groups is 1. The van der Waals surface area contributed by atoms with Crippen LogP contribution in [0, 0.1) is 0 Å². The molecule has 0 bridgehead atoms. The molecule has 2 fully saturated rings. The van der Waals surface area contributed by atoms with Crippen molar-refractivity contribution in [1.82, 2.24) is 14.8 Å². The molecule has 1 aromatic heterocycles. The molecule has 1 N–H and O–H groups in total. The third kappa shape index (κ3) is 4.13. The van der Waals surface area contributed by atoms with Crippen molar-refractivity contribution in [2.24, 2.45) is 0 Å². The van der Waals surface area contributed by atoms with Gasteiger partial charge in [-0.15, -0.1) is 0 Å². The Kier molecular flexibility index (Phi) is 6.21. The fourth-order valence-electron chi connectivity index (χ4n) is 4.00. The number of hydrogen-bond acceptors (Lipinski definition) is 6. The molecular weight excluding hydrogens is 382 g/mol. The molecule has 156 valence electrons. The van der Waals surface area contributed by atoms with Crippen LogP contribution in [0.15, 0.2) is 60.3 Å². The zero-order chi connectivity index (χ0) is 20.9. The minimum Gasteiger partial charge on any atom is -0.507 e. The van der Waals surface area contributed by atoms with Crippen LogP contribution in [0.2, 0.25) is 0 Å². The van der Waals surface area contributed by atoms with Crippen molar-refractivity contribution in [3.63, 3.8) is 0 Å². The first kappa shape index (κ1) is 20.3. The predicted octanol–water partition coefficient (Wildman–Crippen LogP) is 2.23. The highest BCUT2D eigenvalue weighted by molar-refractivity contribution is 6.46. The molecule has 2 aliphatic heterocycles. The molecule has 7 heteroatoms. The molecule has 30 heavy (non-hydrogen) atoms. The molecule has 7 nitrogen and oxygen atoms in total. The second-order valence-electron chi connectivity index (χ2n) is 7.42. The Balaban J connectivity index is 1.63. The van der Waals surface area contributed by atoms with Crippen molar-refractivity contribution >= 4 is 17.4 Å². The van der Waals surface area contributed by atoms with Gasteiger partial charge in [0.25, 0.3) is 11.7 Å². The Morgan fingerprint density at radius 1 is 1.03 bits per heavy atom. The molecule has 0 radical (unpaired) electrons. The topological polar surface area (TPSA) is 83.0 Å². The molecule has 1 unspecified atom stereocenters. The number of nitrogens with zero attached hydrogens (tertiary/aromatic N) is 3. The van der Waals surface area contributed by atoms with E-state index in [1.54, 1.807) is 47.5 Å². The minimum atomic E-state index is -0.698. The van der Waals surface area contributed by atoms with Gasteiger partial charge in [0.2, 0.25) is 0 Å². The summed E-state index contributed by atoms with van der Waals surface area (Å²) < 4.78 is 5.37. The maximum atomic E-state index is 12.9. The molecule has 2 aromatic rings. The van der Waals surface area contributed by atoms with Gasteiger partial charge in [-0.05, 0) is 18.6 Å². The minimum absolute atomic E-state index is 0.0938. The quantitative estimate of drug-likeness (QED) is 0.449. The summed E-state index contributed by atoms with van der Waals surface area (Å²) in [5.41, 5.74) is 1.17. The van der Waals surface area contributed by atoms with Gasteiger partial charge in [0.1, 0.15) is 11.8 Å². The van der Waals surface area contributed by atoms with Gasteiger partial charge in [0.15, 0.2) is 0 Å². The lowest BCUT2D eigenvalue weighted by molar-refractivity contribution is -0.140. The Morgan fingerprint density at radius 2 is 1.77 bits per heavy atom. The second-order valence-corrected chi connectivity index (χ2v) is 7.42. The number of aliphatic hydroxyl groups excluding tert-OH is 1. The number of rotatable bonds is 6. The highest BCUT2D eigenvalue weighted by Crippen LogP contribution is 2.38. The molecule has 2 saturated heterocycles. The summed E-state index contributed by atoms with van der Waals surface area (Å²) in [6.45, 7) is 4.41. The number of hydrogen-bond donors (Lipinski definition) is 1. The van der Waals surface area contributed by atoms with Crippen molar-refractivity contribution < 1.29 is 19.4 Å². The van der Waals surface area contributed by atoms with E-state index in [4.69, 9.17) is 4.74 Å². The first-order valence-corrected chi connectivity index (χ1v) is 10.2. The summed E-state index contributed by atoms with van der Waals surface area (Å²) in [5, 5.41) is 10.9. The van der Waals surface area contributed by atoms with Crippen LogP contribution in [0.5, 0.6) is 0 Å². The number of morpholine rings is 1. The van der Waals surface area contributed by atoms with Gasteiger partial charge in [-0.1, -0.05) is 36.4 Å². The van der Waals surface area contributed by atoms with E-state index in [0.717, 1.165) is 39.3 Å². The van der Waals surface area contributed by atoms with E-state index in [0.29, 0.717) is 17.8 Å². The van der Waals surface area contributed by atoms with Gasteiger partial charge in [-0.3, -0.25) is 19.5 Å². The highest BCUT2D eigenvalue weighted by Gasteiger charge is 2.46. The van der Waals surface area contributed by atoms with E-state index in [1.165, 1.54) is 0 Å². The number of benzene rings is 1. The molecule has 0 aliphatic carbocycles. The van der Waals surface area contributed by atoms with Crippen LogP contribution >= 0.6 is 0 Å². The third-order valence-electron chi connectivity index (χ3n) is 5.53. The predicted molar refractivity (Wildman–Crippen MR) is 112 cm³/mol. The highest BCUT2D eigenvalue weighted by atomic mass is 16.5. The number of carbonyl (C=O) groups excluding carboxylic acids is 2. The Bertz CT molecular complexity index is 924. The van der Waals surface area contributed by atoms with Gasteiger partial charge in [0.05, 0.1) is 24.5 Å². The molecule has 4 rings (SSSR count). The molecular formula is C23H25N3O4. The van der Waals surface area contributed by atoms with E-state index in [2.05, 4.69) is 9.88 Å². The standard InChI is InChI=1S/C23H25N3O4/c27-21(17-7-2-1-3-8-17)19-20(18-9-4-5-10-24-18)26(23(29)22(19)28)12-6-11-25-13-15-30-16-14-25/h1-5,7-10,20,27H,6,11-16H2. The number of Topliss-reactive ketones (excluding diaryl/α,β-unsaturated/α-hetero) is 1. The van der Waals surface area contributed by atoms with Crippen molar-refractivity contribution in [2.75, 3.05) is 39.4 Å². The number of aromatic nitrogens is 1. The number of pyridine rings is 1. The lowest BCUT2D eigenvalue weighted by Crippen LogP contribution is -2.39. The lowest BCUT2D eigenvalue weighted by Gasteiger charge is -2.28. The summed E-state index contributed by atoms with van der Waals surface area (Å²) in [6.07, 6.45) is 2.35. The fraction of sp³-hybridized carbons (Fsp3) is 0.348. The molecule has 3 heterocycles. The van der Waals surface area contributed by atoms with Gasteiger partial charge < -0.3 is 14.7 Å². The van der Waals surface area contributed by atoms with Crippen molar-refractivity contribution in [3.8, 4) is 0 Å². The zero-order valence-corrected chi connectivity index (χ0v) is 16.7. The average Bonchev–Trinajstić information content (AvgIpc) is 3.05. The number of amides is 1. The van der Waals surface area contributed by atoms with E-state index in [-0.39, 0.29) is 11.3 Å². The van der Waals surface area contributed by atoms with E-state index >= 15 is 0 Å². The van der Waals surface area contributed by atoms with Gasteiger partial charge in [0, 0.05) is 37.9 Å². The second kappa shape index (κ2) is 9.19. The molecule has 1 aromatic carbocycles. The summed E-state index contributed by atoms with van der Waals surface area (Å²) >= 11 is 0. The Morgan fingerprint density at radius 3 is 2.47 bits per heavy atom. The first-order valence-electron chi connectivity index (χ1n) is 10.2. The van der Waals surface area contributed by atoms with Crippen LogP contribution in [0.3, 0.4) is 0 Å². The van der Waals surface area contributed by atoms with Crippen LogP contribution in [0.1, 0.15) is 23.7 Å². The fourth-order valence-corrected chi connectivity index (χ4v) is 4.00. The summed E-state index contributed by atoms with van der Waals surface area (Å²) in [4.78, 5) is 34.0. The lowest BCUT2D eigenvalue weighted by atomic mass is 9.98. The largest absolute Gasteiger partial charge is 0.507 e. The normalized spacial score (nSPS) is 21.9. The number of ether oxygens (including phenoxy) is 1. The smallest absolute Gasteiger partial charge is 0.295 e. The summed E-state index contributed by atoms with van der Waals surface area (Å²) in [6, 6.07) is 13.5. The van der Waals surface area contributed by atoms with E-state index < -0.39 is 17.7 Å². The van der Waals surface area contributed by atoms with Crippen molar-refractivity contribution in [3.05, 3.63) is 71.6 Å². The Hall–Kier alpha value is -3.03. The summed E-state index contributed by atoms with van der Waals surface area (Å²) in [7, 11) is 0. The monoisotopic (exact) mass is 407 g/mol. The van der Waals surface area contributed by atoms with Crippen LogP contribution in [0.25, 0.3) is 5.76 Å². The van der Waals surface area contributed by atoms with Crippen LogP contribution in [0.4, 0.5) is 0 Å². The average molecular weight is 407 g/mol. The molecule has 1 atom stereocenters. The van der Waals surface area contributed by atoms with E-state index in [1.807, 2.05) is 12.1 Å². The van der Waals surface area contributed by atoms with E-state index in [9.17, 15) is 14.7 Å². The van der Waals surface area contributed by atoms with Gasteiger partial charge in [-0.25, -0.2) is 0 Å².